The van der Waals surface area contributed by atoms with Crippen LogP contribution >= 0.6 is 0 Å². The number of hydrogen-bond donors (Lipinski definition) is 2. The fraction of sp³-hybridized carbons (Fsp3) is 0.650. The Hall–Kier alpha value is -1.20. The average molecular weight is 363 g/mol. The molecule has 2 unspecified atom stereocenters. The summed E-state index contributed by atoms with van der Waals surface area (Å²) in [5.74, 6) is 1.93. The molecular formula is C20H30N2O2S. The lowest BCUT2D eigenvalue weighted by molar-refractivity contribution is 0.0934. The van der Waals surface area contributed by atoms with E-state index in [-0.39, 0.29) is 11.9 Å². The Morgan fingerprint density at radius 3 is 2.64 bits per heavy atom. The summed E-state index contributed by atoms with van der Waals surface area (Å²) in [6.07, 6.45) is 2.79. The van der Waals surface area contributed by atoms with Crippen molar-refractivity contribution in [1.29, 1.82) is 0 Å². The quantitative estimate of drug-likeness (QED) is 0.847. The summed E-state index contributed by atoms with van der Waals surface area (Å²) >= 11 is 0. The van der Waals surface area contributed by atoms with E-state index in [0.29, 0.717) is 28.9 Å². The first-order chi connectivity index (χ1) is 11.8. The number of benzene rings is 1. The summed E-state index contributed by atoms with van der Waals surface area (Å²) in [6.45, 7) is 7.73. The molecule has 3 rings (SSSR count). The van der Waals surface area contributed by atoms with Crippen LogP contribution in [-0.4, -0.2) is 40.3 Å². The largest absolute Gasteiger partial charge is 0.349 e. The topological polar surface area (TPSA) is 58.2 Å². The molecule has 1 aromatic carbocycles. The van der Waals surface area contributed by atoms with E-state index >= 15 is 0 Å². The molecule has 1 aliphatic carbocycles. The number of carbonyl (C=O) groups is 1. The molecule has 1 aliphatic heterocycles. The molecule has 2 aliphatic rings. The van der Waals surface area contributed by atoms with E-state index in [9.17, 15) is 9.00 Å². The van der Waals surface area contributed by atoms with Crippen molar-refractivity contribution < 1.29 is 9.00 Å². The van der Waals surface area contributed by atoms with Crippen LogP contribution in [0.5, 0.6) is 0 Å². The minimum absolute atomic E-state index is 0.000571. The van der Waals surface area contributed by atoms with Gasteiger partial charge in [-0.3, -0.25) is 9.00 Å². The van der Waals surface area contributed by atoms with Crippen molar-refractivity contribution in [3.8, 4) is 0 Å². The van der Waals surface area contributed by atoms with Gasteiger partial charge in [-0.2, -0.15) is 0 Å². The van der Waals surface area contributed by atoms with Crippen LogP contribution in [-0.2, 0) is 10.8 Å². The predicted molar refractivity (Wildman–Crippen MR) is 103 cm³/mol. The molecule has 0 bridgehead atoms. The first-order valence-electron chi connectivity index (χ1n) is 9.31. The van der Waals surface area contributed by atoms with Crippen LogP contribution in [0.25, 0.3) is 0 Å². The van der Waals surface area contributed by atoms with E-state index in [1.54, 1.807) is 0 Å². The summed E-state index contributed by atoms with van der Waals surface area (Å²) in [6, 6.07) is 8.74. The highest BCUT2D eigenvalue weighted by Gasteiger charge is 2.38. The van der Waals surface area contributed by atoms with Crippen molar-refractivity contribution in [1.82, 2.24) is 10.6 Å². The molecule has 1 heterocycles. The van der Waals surface area contributed by atoms with E-state index in [1.165, 1.54) is 5.56 Å². The lowest BCUT2D eigenvalue weighted by Crippen LogP contribution is -2.39. The molecule has 1 amide bonds. The van der Waals surface area contributed by atoms with E-state index in [1.807, 2.05) is 18.2 Å². The van der Waals surface area contributed by atoms with Crippen molar-refractivity contribution in [2.75, 3.05) is 18.1 Å². The fourth-order valence-corrected chi connectivity index (χ4v) is 4.64. The van der Waals surface area contributed by atoms with Gasteiger partial charge in [0, 0.05) is 52.4 Å². The molecule has 0 radical (unpaired) electrons. The lowest BCUT2D eigenvalue weighted by atomic mass is 9.97. The van der Waals surface area contributed by atoms with Crippen molar-refractivity contribution in [2.24, 2.45) is 5.41 Å². The number of amides is 1. The minimum atomic E-state index is -0.693. The maximum Gasteiger partial charge on any atom is 0.251 e. The Morgan fingerprint density at radius 2 is 1.96 bits per heavy atom. The van der Waals surface area contributed by atoms with Gasteiger partial charge in [-0.05, 0) is 42.4 Å². The van der Waals surface area contributed by atoms with Gasteiger partial charge >= 0.3 is 0 Å². The van der Waals surface area contributed by atoms with Gasteiger partial charge in [0.1, 0.15) is 0 Å². The molecule has 1 aromatic rings. The van der Waals surface area contributed by atoms with Gasteiger partial charge < -0.3 is 10.6 Å². The van der Waals surface area contributed by atoms with E-state index in [0.717, 1.165) is 31.4 Å². The van der Waals surface area contributed by atoms with Crippen LogP contribution in [0, 0.1) is 5.41 Å². The third kappa shape index (κ3) is 5.38. The van der Waals surface area contributed by atoms with Crippen LogP contribution in [0.3, 0.4) is 0 Å². The SMILES string of the molecule is CC(C)(C)CNC1CC1c1cccc(C(=O)NC2CCS(=O)CC2)c1. The van der Waals surface area contributed by atoms with Crippen LogP contribution in [0.1, 0.15) is 61.9 Å². The highest BCUT2D eigenvalue weighted by molar-refractivity contribution is 7.85. The molecule has 4 nitrogen and oxygen atoms in total. The van der Waals surface area contributed by atoms with Crippen molar-refractivity contribution in [3.05, 3.63) is 35.4 Å². The molecule has 2 N–H and O–H groups in total. The molecule has 0 spiro atoms. The van der Waals surface area contributed by atoms with Crippen LogP contribution in [0.4, 0.5) is 0 Å². The van der Waals surface area contributed by atoms with E-state index < -0.39 is 10.8 Å². The predicted octanol–water partition coefficient (Wildman–Crippen LogP) is 2.82. The zero-order valence-electron chi connectivity index (χ0n) is 15.5. The van der Waals surface area contributed by atoms with E-state index in [4.69, 9.17) is 0 Å². The standard InChI is InChI=1S/C20H30N2O2S/c1-20(2,3)13-21-18-12-17(18)14-5-4-6-15(11-14)19(23)22-16-7-9-25(24)10-8-16/h4-6,11,16-18,21H,7-10,12-13H2,1-3H3,(H,22,23). The number of rotatable bonds is 5. The molecule has 2 fully saturated rings. The molecule has 25 heavy (non-hydrogen) atoms. The molecular weight excluding hydrogens is 332 g/mol. The molecule has 2 atom stereocenters. The van der Waals surface area contributed by atoms with Crippen LogP contribution < -0.4 is 10.6 Å². The normalized spacial score (nSPS) is 29.2. The van der Waals surface area contributed by atoms with Gasteiger partial charge in [-0.15, -0.1) is 0 Å². The molecule has 0 aromatic heterocycles. The summed E-state index contributed by atoms with van der Waals surface area (Å²) in [5, 5.41) is 6.74. The number of hydrogen-bond acceptors (Lipinski definition) is 3. The second kappa shape index (κ2) is 7.58. The second-order valence-corrected chi connectivity index (χ2v) is 10.3. The molecule has 1 saturated heterocycles. The maximum absolute atomic E-state index is 12.5. The Morgan fingerprint density at radius 1 is 1.24 bits per heavy atom. The number of nitrogens with one attached hydrogen (secondary N) is 2. The van der Waals surface area contributed by atoms with Crippen molar-refractivity contribution in [3.63, 3.8) is 0 Å². The van der Waals surface area contributed by atoms with Crippen LogP contribution in [0.15, 0.2) is 24.3 Å². The minimum Gasteiger partial charge on any atom is -0.349 e. The van der Waals surface area contributed by atoms with Crippen molar-refractivity contribution in [2.45, 2.75) is 58.0 Å². The average Bonchev–Trinajstić information content (AvgIpc) is 3.34. The third-order valence-electron chi connectivity index (χ3n) is 4.99. The van der Waals surface area contributed by atoms with Gasteiger partial charge in [0.15, 0.2) is 0 Å². The molecule has 138 valence electrons. The second-order valence-electron chi connectivity index (χ2n) is 8.61. The zero-order chi connectivity index (χ0) is 18.0. The zero-order valence-corrected chi connectivity index (χ0v) is 16.3. The number of carbonyl (C=O) groups excluding carboxylic acids is 1. The van der Waals surface area contributed by atoms with Gasteiger partial charge in [0.05, 0.1) is 0 Å². The highest BCUT2D eigenvalue weighted by Crippen LogP contribution is 2.41. The van der Waals surface area contributed by atoms with Crippen molar-refractivity contribution >= 4 is 16.7 Å². The summed E-state index contributed by atoms with van der Waals surface area (Å²) in [4.78, 5) is 12.5. The van der Waals surface area contributed by atoms with Crippen LogP contribution in [0.2, 0.25) is 0 Å². The summed E-state index contributed by atoms with van der Waals surface area (Å²) in [7, 11) is -0.693. The first kappa shape index (κ1) is 18.6. The third-order valence-corrected chi connectivity index (χ3v) is 6.37. The van der Waals surface area contributed by atoms with Gasteiger partial charge in [0.25, 0.3) is 5.91 Å². The van der Waals surface area contributed by atoms with Gasteiger partial charge in [-0.25, -0.2) is 0 Å². The Kier molecular flexibility index (Phi) is 5.64. The lowest BCUT2D eigenvalue weighted by Gasteiger charge is -2.22. The first-order valence-corrected chi connectivity index (χ1v) is 10.8. The fourth-order valence-electron chi connectivity index (χ4n) is 3.34. The Labute approximate surface area is 153 Å². The smallest absolute Gasteiger partial charge is 0.251 e. The highest BCUT2D eigenvalue weighted by atomic mass is 32.2. The monoisotopic (exact) mass is 362 g/mol. The van der Waals surface area contributed by atoms with E-state index in [2.05, 4.69) is 37.5 Å². The summed E-state index contributed by atoms with van der Waals surface area (Å²) in [5.41, 5.74) is 2.29. The summed E-state index contributed by atoms with van der Waals surface area (Å²) < 4.78 is 11.4. The maximum atomic E-state index is 12.5. The van der Waals surface area contributed by atoms with Gasteiger partial charge in [0.2, 0.25) is 0 Å². The molecule has 1 saturated carbocycles. The molecule has 5 heteroatoms. The Balaban J connectivity index is 1.55. The van der Waals surface area contributed by atoms with Gasteiger partial charge in [-0.1, -0.05) is 32.9 Å². The Bertz CT molecular complexity index is 643.